The Bertz CT molecular complexity index is 571. The van der Waals surface area contributed by atoms with Crippen LogP contribution in [0.25, 0.3) is 0 Å². The minimum absolute atomic E-state index is 0.0747. The molecule has 0 aromatic heterocycles. The van der Waals surface area contributed by atoms with Crippen molar-refractivity contribution < 1.29 is 4.74 Å². The van der Waals surface area contributed by atoms with Crippen molar-refractivity contribution in [2.24, 2.45) is 0 Å². The lowest BCUT2D eigenvalue weighted by Crippen LogP contribution is -2.22. The van der Waals surface area contributed by atoms with Crippen molar-refractivity contribution in [1.82, 2.24) is 5.32 Å². The predicted octanol–water partition coefficient (Wildman–Crippen LogP) is 4.65. The van der Waals surface area contributed by atoms with E-state index in [1.807, 2.05) is 18.2 Å². The molecule has 2 nitrogen and oxygen atoms in total. The normalized spacial score (nSPS) is 12.2. The zero-order valence-corrected chi connectivity index (χ0v) is 14.4. The van der Waals surface area contributed by atoms with Gasteiger partial charge in [0.05, 0.1) is 13.2 Å². The molecular weight excluding hydrogens is 385 g/mol. The van der Waals surface area contributed by atoms with Gasteiger partial charge in [0, 0.05) is 14.2 Å². The molecule has 4 heteroatoms. The van der Waals surface area contributed by atoms with Crippen molar-refractivity contribution in [3.05, 3.63) is 62.2 Å². The van der Waals surface area contributed by atoms with Crippen molar-refractivity contribution in [1.29, 1.82) is 0 Å². The first kappa shape index (κ1) is 15.6. The van der Waals surface area contributed by atoms with Gasteiger partial charge in [-0.1, -0.05) is 30.7 Å². The van der Waals surface area contributed by atoms with E-state index in [9.17, 15) is 0 Å². The van der Waals surface area contributed by atoms with Crippen LogP contribution in [0.15, 0.2) is 42.5 Å². The summed E-state index contributed by atoms with van der Waals surface area (Å²) in [7, 11) is 1.68. The van der Waals surface area contributed by atoms with Gasteiger partial charge in [-0.2, -0.15) is 0 Å². The maximum Gasteiger partial charge on any atom is 0.124 e. The van der Waals surface area contributed by atoms with E-state index in [-0.39, 0.29) is 6.04 Å². The Balaban J connectivity index is 2.47. The molecule has 0 heterocycles. The molecule has 106 valence electrons. The standard InChI is InChI=1S/C16H17ClINO/c1-3-19-16(11-4-7-13(18)8-5-11)14-10-12(17)6-9-15(14)20-2/h4-10,16,19H,3H2,1-2H3. The average Bonchev–Trinajstić information content (AvgIpc) is 2.46. The Labute approximate surface area is 138 Å². The molecule has 0 radical (unpaired) electrons. The third-order valence-corrected chi connectivity index (χ3v) is 4.07. The number of benzene rings is 2. The minimum atomic E-state index is 0.0747. The zero-order valence-electron chi connectivity index (χ0n) is 11.5. The molecule has 20 heavy (non-hydrogen) atoms. The second kappa shape index (κ2) is 7.29. The molecule has 0 aliphatic carbocycles. The van der Waals surface area contributed by atoms with Crippen LogP contribution >= 0.6 is 34.2 Å². The average molecular weight is 402 g/mol. The molecule has 0 saturated heterocycles. The van der Waals surface area contributed by atoms with Crippen molar-refractivity contribution >= 4 is 34.2 Å². The maximum atomic E-state index is 6.15. The molecule has 2 aromatic rings. The van der Waals surface area contributed by atoms with Crippen LogP contribution in [0.3, 0.4) is 0 Å². The van der Waals surface area contributed by atoms with Crippen LogP contribution < -0.4 is 10.1 Å². The quantitative estimate of drug-likeness (QED) is 0.736. The van der Waals surface area contributed by atoms with E-state index in [0.717, 1.165) is 17.9 Å². The van der Waals surface area contributed by atoms with Gasteiger partial charge in [-0.25, -0.2) is 0 Å². The third-order valence-electron chi connectivity index (χ3n) is 3.11. The van der Waals surface area contributed by atoms with Gasteiger partial charge in [-0.05, 0) is 65.0 Å². The van der Waals surface area contributed by atoms with Crippen LogP contribution in [-0.2, 0) is 0 Å². The minimum Gasteiger partial charge on any atom is -0.496 e. The van der Waals surface area contributed by atoms with Crippen molar-refractivity contribution in [2.75, 3.05) is 13.7 Å². The molecule has 0 aliphatic heterocycles. The van der Waals surface area contributed by atoms with Crippen molar-refractivity contribution in [2.45, 2.75) is 13.0 Å². The van der Waals surface area contributed by atoms with E-state index in [2.05, 4.69) is 59.1 Å². The number of methoxy groups -OCH3 is 1. The van der Waals surface area contributed by atoms with E-state index in [4.69, 9.17) is 16.3 Å². The lowest BCUT2D eigenvalue weighted by Gasteiger charge is -2.21. The molecule has 0 fully saturated rings. The zero-order chi connectivity index (χ0) is 14.5. The Hall–Kier alpha value is -0.780. The number of hydrogen-bond donors (Lipinski definition) is 1. The first-order valence-electron chi connectivity index (χ1n) is 6.48. The summed E-state index contributed by atoms with van der Waals surface area (Å²) < 4.78 is 6.69. The van der Waals surface area contributed by atoms with E-state index < -0.39 is 0 Å². The van der Waals surface area contributed by atoms with Crippen LogP contribution in [-0.4, -0.2) is 13.7 Å². The first-order chi connectivity index (χ1) is 9.65. The molecular formula is C16H17ClINO. The van der Waals surface area contributed by atoms with Crippen LogP contribution in [0.5, 0.6) is 5.75 Å². The van der Waals surface area contributed by atoms with Crippen LogP contribution in [0, 0.1) is 3.57 Å². The van der Waals surface area contributed by atoms with Gasteiger partial charge in [0.1, 0.15) is 5.75 Å². The molecule has 2 rings (SSSR count). The van der Waals surface area contributed by atoms with Crippen LogP contribution in [0.1, 0.15) is 24.1 Å². The third kappa shape index (κ3) is 3.65. The second-order valence-corrected chi connectivity index (χ2v) is 6.11. The highest BCUT2D eigenvalue weighted by Crippen LogP contribution is 2.32. The number of rotatable bonds is 5. The summed E-state index contributed by atoms with van der Waals surface area (Å²) in [5.74, 6) is 0.846. The fourth-order valence-electron chi connectivity index (χ4n) is 2.20. The molecule has 1 unspecified atom stereocenters. The number of hydrogen-bond acceptors (Lipinski definition) is 2. The van der Waals surface area contributed by atoms with Gasteiger partial charge in [0.15, 0.2) is 0 Å². The summed E-state index contributed by atoms with van der Waals surface area (Å²) in [6.45, 7) is 2.96. The largest absolute Gasteiger partial charge is 0.496 e. The van der Waals surface area contributed by atoms with Crippen molar-refractivity contribution in [3.8, 4) is 5.75 Å². The van der Waals surface area contributed by atoms with Gasteiger partial charge in [-0.15, -0.1) is 0 Å². The van der Waals surface area contributed by atoms with E-state index in [1.54, 1.807) is 7.11 Å². The summed E-state index contributed by atoms with van der Waals surface area (Å²) in [6, 6.07) is 14.3. The summed E-state index contributed by atoms with van der Waals surface area (Å²) in [4.78, 5) is 0. The van der Waals surface area contributed by atoms with Gasteiger partial charge in [0.2, 0.25) is 0 Å². The topological polar surface area (TPSA) is 21.3 Å². The summed E-state index contributed by atoms with van der Waals surface area (Å²) >= 11 is 8.46. The summed E-state index contributed by atoms with van der Waals surface area (Å²) in [5, 5.41) is 4.21. The Morgan fingerprint density at radius 1 is 1.20 bits per heavy atom. The predicted molar refractivity (Wildman–Crippen MR) is 92.7 cm³/mol. The molecule has 0 spiro atoms. The lowest BCUT2D eigenvalue weighted by molar-refractivity contribution is 0.404. The van der Waals surface area contributed by atoms with Gasteiger partial charge in [0.25, 0.3) is 0 Å². The first-order valence-corrected chi connectivity index (χ1v) is 7.93. The van der Waals surface area contributed by atoms with Crippen LogP contribution in [0.4, 0.5) is 0 Å². The Kier molecular flexibility index (Phi) is 5.69. The molecule has 1 atom stereocenters. The fraction of sp³-hybridized carbons (Fsp3) is 0.250. The van der Waals surface area contributed by atoms with Gasteiger partial charge in [-0.3, -0.25) is 0 Å². The van der Waals surface area contributed by atoms with Crippen molar-refractivity contribution in [3.63, 3.8) is 0 Å². The summed E-state index contributed by atoms with van der Waals surface area (Å²) in [5.41, 5.74) is 2.26. The fourth-order valence-corrected chi connectivity index (χ4v) is 2.74. The van der Waals surface area contributed by atoms with Gasteiger partial charge >= 0.3 is 0 Å². The van der Waals surface area contributed by atoms with E-state index >= 15 is 0 Å². The smallest absolute Gasteiger partial charge is 0.124 e. The highest BCUT2D eigenvalue weighted by Gasteiger charge is 2.17. The number of ether oxygens (including phenoxy) is 1. The molecule has 2 aromatic carbocycles. The van der Waals surface area contributed by atoms with Gasteiger partial charge < -0.3 is 10.1 Å². The maximum absolute atomic E-state index is 6.15. The SMILES string of the molecule is CCNC(c1ccc(I)cc1)c1cc(Cl)ccc1OC. The molecule has 0 bridgehead atoms. The van der Waals surface area contributed by atoms with E-state index in [0.29, 0.717) is 5.02 Å². The molecule has 0 amide bonds. The summed E-state index contributed by atoms with van der Waals surface area (Å²) in [6.07, 6.45) is 0. The number of halogens is 2. The lowest BCUT2D eigenvalue weighted by atomic mass is 9.98. The Morgan fingerprint density at radius 3 is 2.50 bits per heavy atom. The molecule has 0 saturated carbocycles. The highest BCUT2D eigenvalue weighted by atomic mass is 127. The number of nitrogens with one attached hydrogen (secondary N) is 1. The monoisotopic (exact) mass is 401 g/mol. The molecule has 1 N–H and O–H groups in total. The highest BCUT2D eigenvalue weighted by molar-refractivity contribution is 14.1. The van der Waals surface area contributed by atoms with E-state index in [1.165, 1.54) is 9.13 Å². The molecule has 0 aliphatic rings. The van der Waals surface area contributed by atoms with Crippen LogP contribution in [0.2, 0.25) is 5.02 Å². The second-order valence-electron chi connectivity index (χ2n) is 4.43. The Morgan fingerprint density at radius 2 is 1.90 bits per heavy atom.